The summed E-state index contributed by atoms with van der Waals surface area (Å²) >= 11 is 0. The van der Waals surface area contributed by atoms with Crippen LogP contribution in [0.3, 0.4) is 0 Å². The van der Waals surface area contributed by atoms with Crippen LogP contribution in [-0.2, 0) is 13.5 Å². The van der Waals surface area contributed by atoms with Crippen molar-refractivity contribution in [2.75, 3.05) is 6.54 Å². The minimum atomic E-state index is -0.172. The van der Waals surface area contributed by atoms with Crippen LogP contribution < -0.4 is 5.32 Å². The normalized spacial score (nSPS) is 12.6. The van der Waals surface area contributed by atoms with Crippen LogP contribution in [0.1, 0.15) is 42.8 Å². The zero-order chi connectivity index (χ0) is 15.2. The molecule has 1 aromatic heterocycles. The molecule has 0 aliphatic rings. The number of aryl methyl sites for hydroxylation is 3. The summed E-state index contributed by atoms with van der Waals surface area (Å²) in [6, 6.07) is 5.29. The topological polar surface area (TPSA) is 29.9 Å². The lowest BCUT2D eigenvalue weighted by molar-refractivity contribution is 0.488. The molecule has 0 saturated heterocycles. The summed E-state index contributed by atoms with van der Waals surface area (Å²) in [4.78, 5) is 4.37. The molecule has 114 valence electrons. The van der Waals surface area contributed by atoms with Gasteiger partial charge in [0.15, 0.2) is 0 Å². The smallest absolute Gasteiger partial charge is 0.123 e. The van der Waals surface area contributed by atoms with Crippen LogP contribution in [0, 0.1) is 12.7 Å². The van der Waals surface area contributed by atoms with Gasteiger partial charge in [0.05, 0.1) is 0 Å². The highest BCUT2D eigenvalue weighted by molar-refractivity contribution is 5.29. The number of halogens is 1. The summed E-state index contributed by atoms with van der Waals surface area (Å²) in [7, 11) is 2.01. The van der Waals surface area contributed by atoms with Crippen molar-refractivity contribution in [3.8, 4) is 0 Å². The quantitative estimate of drug-likeness (QED) is 0.845. The Hall–Kier alpha value is -1.68. The monoisotopic (exact) mass is 289 g/mol. The van der Waals surface area contributed by atoms with Gasteiger partial charge >= 0.3 is 0 Å². The van der Waals surface area contributed by atoms with Crippen LogP contribution in [0.2, 0.25) is 0 Å². The Balaban J connectivity index is 2.12. The van der Waals surface area contributed by atoms with E-state index in [4.69, 9.17) is 0 Å². The van der Waals surface area contributed by atoms with E-state index >= 15 is 0 Å². The molecule has 0 fully saturated rings. The summed E-state index contributed by atoms with van der Waals surface area (Å²) in [5.74, 6) is 0.910. The number of imidazole rings is 1. The van der Waals surface area contributed by atoms with E-state index in [0.29, 0.717) is 0 Å². The third kappa shape index (κ3) is 4.14. The van der Waals surface area contributed by atoms with Crippen molar-refractivity contribution in [3.05, 3.63) is 53.4 Å². The van der Waals surface area contributed by atoms with Crippen molar-refractivity contribution < 1.29 is 4.39 Å². The third-order valence-corrected chi connectivity index (χ3v) is 3.83. The first-order valence-electron chi connectivity index (χ1n) is 7.57. The molecule has 21 heavy (non-hydrogen) atoms. The van der Waals surface area contributed by atoms with E-state index in [2.05, 4.69) is 17.2 Å². The third-order valence-electron chi connectivity index (χ3n) is 3.83. The number of rotatable bonds is 7. The summed E-state index contributed by atoms with van der Waals surface area (Å²) in [5.41, 5.74) is 2.18. The molecule has 3 nitrogen and oxygen atoms in total. The zero-order valence-electron chi connectivity index (χ0n) is 13.1. The van der Waals surface area contributed by atoms with Gasteiger partial charge in [-0.3, -0.25) is 0 Å². The fourth-order valence-electron chi connectivity index (χ4n) is 2.63. The van der Waals surface area contributed by atoms with Crippen molar-refractivity contribution >= 4 is 0 Å². The maximum Gasteiger partial charge on any atom is 0.123 e. The standard InChI is InChI=1S/C17H24FN3/c1-4-9-19-16(7-8-17-20-10-11-21(17)3)15-6-5-14(18)12-13(15)2/h5-6,10-12,16,19H,4,7-9H2,1-3H3. The molecule has 0 aliphatic carbocycles. The fraction of sp³-hybridized carbons (Fsp3) is 0.471. The average molecular weight is 289 g/mol. The summed E-state index contributed by atoms with van der Waals surface area (Å²) in [6.45, 7) is 5.09. The molecule has 0 saturated carbocycles. The number of hydrogen-bond acceptors (Lipinski definition) is 2. The molecule has 1 N–H and O–H groups in total. The highest BCUT2D eigenvalue weighted by Gasteiger charge is 2.14. The first-order chi connectivity index (χ1) is 10.1. The molecule has 0 aliphatic heterocycles. The van der Waals surface area contributed by atoms with E-state index in [0.717, 1.165) is 37.2 Å². The Kier molecular flexibility index (Phi) is 5.51. The molecule has 4 heteroatoms. The maximum atomic E-state index is 13.3. The van der Waals surface area contributed by atoms with E-state index < -0.39 is 0 Å². The molecule has 0 radical (unpaired) electrons. The van der Waals surface area contributed by atoms with Gasteiger partial charge in [0.25, 0.3) is 0 Å². The van der Waals surface area contributed by atoms with Gasteiger partial charge in [-0.1, -0.05) is 13.0 Å². The van der Waals surface area contributed by atoms with Crippen LogP contribution in [0.4, 0.5) is 4.39 Å². The molecule has 2 aromatic rings. The maximum absolute atomic E-state index is 13.3. The van der Waals surface area contributed by atoms with Gasteiger partial charge < -0.3 is 9.88 Å². The number of aromatic nitrogens is 2. The predicted molar refractivity (Wildman–Crippen MR) is 83.7 cm³/mol. The second kappa shape index (κ2) is 7.36. The van der Waals surface area contributed by atoms with E-state index in [-0.39, 0.29) is 11.9 Å². The molecule has 1 aromatic carbocycles. The number of benzene rings is 1. The Morgan fingerprint density at radius 3 is 2.81 bits per heavy atom. The first kappa shape index (κ1) is 15.7. The van der Waals surface area contributed by atoms with E-state index in [1.807, 2.05) is 37.0 Å². The van der Waals surface area contributed by atoms with Gasteiger partial charge in [-0.2, -0.15) is 0 Å². The lowest BCUT2D eigenvalue weighted by atomic mass is 9.97. The predicted octanol–water partition coefficient (Wildman–Crippen LogP) is 3.54. The highest BCUT2D eigenvalue weighted by atomic mass is 19.1. The van der Waals surface area contributed by atoms with Crippen LogP contribution >= 0.6 is 0 Å². The Morgan fingerprint density at radius 2 is 2.19 bits per heavy atom. The van der Waals surface area contributed by atoms with E-state index in [1.165, 1.54) is 5.56 Å². The molecule has 2 rings (SSSR count). The summed E-state index contributed by atoms with van der Waals surface area (Å²) in [6.07, 6.45) is 6.73. The minimum Gasteiger partial charge on any atom is -0.338 e. The lowest BCUT2D eigenvalue weighted by Crippen LogP contribution is -2.24. The second-order valence-electron chi connectivity index (χ2n) is 5.50. The number of hydrogen-bond donors (Lipinski definition) is 1. The molecule has 0 amide bonds. The SMILES string of the molecule is CCCNC(CCc1nccn1C)c1ccc(F)cc1C. The lowest BCUT2D eigenvalue weighted by Gasteiger charge is -2.21. The highest BCUT2D eigenvalue weighted by Crippen LogP contribution is 2.23. The first-order valence-corrected chi connectivity index (χ1v) is 7.57. The molecule has 1 heterocycles. The molecule has 1 unspecified atom stereocenters. The molecule has 0 spiro atoms. The van der Waals surface area contributed by atoms with Crippen LogP contribution in [0.25, 0.3) is 0 Å². The van der Waals surface area contributed by atoms with Gasteiger partial charge in [-0.25, -0.2) is 9.37 Å². The van der Waals surface area contributed by atoms with Gasteiger partial charge in [-0.15, -0.1) is 0 Å². The van der Waals surface area contributed by atoms with Gasteiger partial charge in [0.2, 0.25) is 0 Å². The number of nitrogens with zero attached hydrogens (tertiary/aromatic N) is 2. The van der Waals surface area contributed by atoms with Crippen molar-refractivity contribution in [3.63, 3.8) is 0 Å². The van der Waals surface area contributed by atoms with Gasteiger partial charge in [0, 0.05) is 31.9 Å². The van der Waals surface area contributed by atoms with Gasteiger partial charge in [-0.05, 0) is 49.6 Å². The van der Waals surface area contributed by atoms with E-state index in [1.54, 1.807) is 12.1 Å². The Bertz CT molecular complexity index is 577. The second-order valence-corrected chi connectivity index (χ2v) is 5.50. The molecule has 1 atom stereocenters. The van der Waals surface area contributed by atoms with Crippen molar-refractivity contribution in [1.82, 2.24) is 14.9 Å². The Morgan fingerprint density at radius 1 is 1.38 bits per heavy atom. The molecule has 0 bridgehead atoms. The van der Waals surface area contributed by atoms with Crippen LogP contribution in [0.5, 0.6) is 0 Å². The minimum absolute atomic E-state index is 0.172. The summed E-state index contributed by atoms with van der Waals surface area (Å²) in [5, 5.41) is 3.57. The van der Waals surface area contributed by atoms with Crippen molar-refractivity contribution in [2.24, 2.45) is 7.05 Å². The summed E-state index contributed by atoms with van der Waals surface area (Å²) < 4.78 is 15.3. The van der Waals surface area contributed by atoms with E-state index in [9.17, 15) is 4.39 Å². The van der Waals surface area contributed by atoms with Crippen LogP contribution in [0.15, 0.2) is 30.6 Å². The number of nitrogens with one attached hydrogen (secondary N) is 1. The Labute approximate surface area is 126 Å². The fourth-order valence-corrected chi connectivity index (χ4v) is 2.63. The average Bonchev–Trinajstić information content (AvgIpc) is 2.85. The van der Waals surface area contributed by atoms with Crippen molar-refractivity contribution in [2.45, 2.75) is 39.2 Å². The zero-order valence-corrected chi connectivity index (χ0v) is 13.1. The van der Waals surface area contributed by atoms with Crippen molar-refractivity contribution in [1.29, 1.82) is 0 Å². The largest absolute Gasteiger partial charge is 0.338 e. The molecular weight excluding hydrogens is 265 g/mol. The van der Waals surface area contributed by atoms with Gasteiger partial charge in [0.1, 0.15) is 11.6 Å². The van der Waals surface area contributed by atoms with Crippen LogP contribution in [-0.4, -0.2) is 16.1 Å². The molecular formula is C17H24FN3.